The molecule has 0 bridgehead atoms. The first-order chi connectivity index (χ1) is 17.8. The highest BCUT2D eigenvalue weighted by molar-refractivity contribution is 9.10. The Kier molecular flexibility index (Phi) is 9.70. The number of rotatable bonds is 12. The average Bonchev–Trinajstić information content (AvgIpc) is 2.89. The van der Waals surface area contributed by atoms with Crippen LogP contribution in [0.2, 0.25) is 0 Å². The van der Waals surface area contributed by atoms with Gasteiger partial charge in [-0.05, 0) is 70.9 Å². The van der Waals surface area contributed by atoms with Crippen LogP contribution in [0, 0.1) is 0 Å². The van der Waals surface area contributed by atoms with Crippen molar-refractivity contribution in [3.05, 3.63) is 88.9 Å². The Morgan fingerprint density at radius 3 is 2.49 bits per heavy atom. The van der Waals surface area contributed by atoms with E-state index in [0.29, 0.717) is 40.3 Å². The number of carbonyl (C=O) groups is 1. The number of amides is 1. The predicted octanol–water partition coefficient (Wildman–Crippen LogP) is 4.95. The van der Waals surface area contributed by atoms with Gasteiger partial charge in [-0.1, -0.05) is 30.9 Å². The third-order valence-electron chi connectivity index (χ3n) is 4.72. The van der Waals surface area contributed by atoms with E-state index in [4.69, 9.17) is 18.4 Å². The maximum Gasteiger partial charge on any atom is 0.339 e. The molecule has 1 N–H and O–H groups in total. The van der Waals surface area contributed by atoms with Crippen LogP contribution in [0.5, 0.6) is 23.0 Å². The van der Waals surface area contributed by atoms with Crippen molar-refractivity contribution >= 4 is 38.2 Å². The number of nitrogens with zero attached hydrogens (tertiary/aromatic N) is 1. The molecule has 0 aromatic heterocycles. The summed E-state index contributed by atoms with van der Waals surface area (Å²) in [6, 6.07) is 15.6. The summed E-state index contributed by atoms with van der Waals surface area (Å²) < 4.78 is 47.3. The van der Waals surface area contributed by atoms with Gasteiger partial charge in [0.1, 0.15) is 11.5 Å². The number of hydrazone groups is 1. The Labute approximate surface area is 224 Å². The quantitative estimate of drug-likeness (QED) is 0.138. The SMILES string of the molecule is C=CCOc1ccc(C(=O)N/N=C/c2cc(Br)c(OS(=O)(=O)c3ccccc3)c(OC)c2)cc1OCC. The van der Waals surface area contributed by atoms with Gasteiger partial charge in [0.15, 0.2) is 23.0 Å². The van der Waals surface area contributed by atoms with Gasteiger partial charge in [-0.2, -0.15) is 13.5 Å². The van der Waals surface area contributed by atoms with Crippen LogP contribution in [0.1, 0.15) is 22.8 Å². The van der Waals surface area contributed by atoms with Crippen LogP contribution in [0.4, 0.5) is 0 Å². The molecule has 0 aliphatic carbocycles. The molecule has 0 saturated carbocycles. The molecule has 3 aromatic carbocycles. The summed E-state index contributed by atoms with van der Waals surface area (Å²) in [6.45, 7) is 6.14. The molecule has 0 atom stereocenters. The third kappa shape index (κ3) is 7.34. The molecule has 3 aromatic rings. The second-order valence-electron chi connectivity index (χ2n) is 7.28. The summed E-state index contributed by atoms with van der Waals surface area (Å²) in [4.78, 5) is 12.6. The molecule has 0 unspecified atom stereocenters. The molecule has 1 amide bonds. The van der Waals surface area contributed by atoms with Gasteiger partial charge in [-0.25, -0.2) is 5.43 Å². The Bertz CT molecular complexity index is 1390. The topological polar surface area (TPSA) is 113 Å². The molecule has 0 fully saturated rings. The third-order valence-corrected chi connectivity index (χ3v) is 6.54. The van der Waals surface area contributed by atoms with Crippen molar-refractivity contribution in [2.45, 2.75) is 11.8 Å². The van der Waals surface area contributed by atoms with Crippen LogP contribution < -0.4 is 23.8 Å². The van der Waals surface area contributed by atoms with E-state index in [2.05, 4.69) is 33.0 Å². The lowest BCUT2D eigenvalue weighted by Crippen LogP contribution is -2.17. The minimum Gasteiger partial charge on any atom is -0.493 e. The number of hydrogen-bond acceptors (Lipinski definition) is 8. The van der Waals surface area contributed by atoms with Crippen molar-refractivity contribution in [3.8, 4) is 23.0 Å². The number of ether oxygens (including phenoxy) is 3. The average molecular weight is 589 g/mol. The van der Waals surface area contributed by atoms with E-state index in [1.54, 1.807) is 48.5 Å². The zero-order chi connectivity index (χ0) is 26.8. The van der Waals surface area contributed by atoms with Gasteiger partial charge < -0.3 is 18.4 Å². The number of carbonyl (C=O) groups excluding carboxylic acids is 1. The van der Waals surface area contributed by atoms with Gasteiger partial charge in [0, 0.05) is 5.56 Å². The number of nitrogens with one attached hydrogen (secondary N) is 1. The van der Waals surface area contributed by atoms with Gasteiger partial charge in [-0.15, -0.1) is 0 Å². The van der Waals surface area contributed by atoms with E-state index >= 15 is 0 Å². The Hall–Kier alpha value is -3.83. The van der Waals surface area contributed by atoms with Crippen molar-refractivity contribution in [2.75, 3.05) is 20.3 Å². The van der Waals surface area contributed by atoms with Crippen LogP contribution in [-0.4, -0.2) is 40.9 Å². The Morgan fingerprint density at radius 2 is 1.81 bits per heavy atom. The zero-order valence-corrected chi connectivity index (χ0v) is 22.5. The van der Waals surface area contributed by atoms with E-state index in [1.807, 2.05) is 6.92 Å². The molecule has 0 aliphatic heterocycles. The Balaban J connectivity index is 1.75. The normalized spacial score (nSPS) is 11.1. The van der Waals surface area contributed by atoms with Crippen LogP contribution in [-0.2, 0) is 10.1 Å². The fourth-order valence-corrected chi connectivity index (χ4v) is 4.68. The highest BCUT2D eigenvalue weighted by atomic mass is 79.9. The predicted molar refractivity (Wildman–Crippen MR) is 143 cm³/mol. The summed E-state index contributed by atoms with van der Waals surface area (Å²) in [6.07, 6.45) is 2.99. The lowest BCUT2D eigenvalue weighted by Gasteiger charge is -2.13. The molecule has 3 rings (SSSR count). The van der Waals surface area contributed by atoms with Crippen molar-refractivity contribution in [1.29, 1.82) is 0 Å². The van der Waals surface area contributed by atoms with Gasteiger partial charge >= 0.3 is 10.1 Å². The molecule has 9 nitrogen and oxygen atoms in total. The number of benzene rings is 3. The van der Waals surface area contributed by atoms with Gasteiger partial charge in [0.2, 0.25) is 0 Å². The molecule has 0 heterocycles. The highest BCUT2D eigenvalue weighted by Crippen LogP contribution is 2.38. The number of methoxy groups -OCH3 is 1. The molecule has 0 saturated heterocycles. The first-order valence-corrected chi connectivity index (χ1v) is 13.2. The second-order valence-corrected chi connectivity index (χ2v) is 9.68. The first kappa shape index (κ1) is 27.8. The standard InChI is InChI=1S/C26H25BrN2O7S/c1-4-13-35-22-12-11-19(16-23(22)34-5-2)26(30)29-28-17-18-14-21(27)25(24(15-18)33-3)36-37(31,32)20-9-7-6-8-10-20/h4,6-12,14-17H,1,5,13H2,2-3H3,(H,29,30)/b28-17+. The van der Waals surface area contributed by atoms with Gasteiger partial charge in [-0.3, -0.25) is 4.79 Å². The smallest absolute Gasteiger partial charge is 0.339 e. The summed E-state index contributed by atoms with van der Waals surface area (Å²) in [5.41, 5.74) is 3.28. The highest BCUT2D eigenvalue weighted by Gasteiger charge is 2.21. The zero-order valence-electron chi connectivity index (χ0n) is 20.1. The van der Waals surface area contributed by atoms with Gasteiger partial charge in [0.05, 0.1) is 24.4 Å². The van der Waals surface area contributed by atoms with E-state index in [1.165, 1.54) is 31.5 Å². The lowest BCUT2D eigenvalue weighted by molar-refractivity contribution is 0.0954. The first-order valence-electron chi connectivity index (χ1n) is 11.0. The fraction of sp³-hybridized carbons (Fsp3) is 0.154. The second kappa shape index (κ2) is 12.9. The van der Waals surface area contributed by atoms with Crippen molar-refractivity contribution in [2.24, 2.45) is 5.10 Å². The molecule has 37 heavy (non-hydrogen) atoms. The summed E-state index contributed by atoms with van der Waals surface area (Å²) >= 11 is 3.32. The fourth-order valence-electron chi connectivity index (χ4n) is 3.06. The number of hydrogen-bond donors (Lipinski definition) is 1. The molecule has 0 aliphatic rings. The van der Waals surface area contributed by atoms with Crippen LogP contribution in [0.25, 0.3) is 0 Å². The molecule has 194 valence electrons. The summed E-state index contributed by atoms with van der Waals surface area (Å²) in [7, 11) is -2.70. The maximum atomic E-state index is 12.6. The van der Waals surface area contributed by atoms with E-state index in [-0.39, 0.29) is 16.4 Å². The molecule has 11 heteroatoms. The summed E-state index contributed by atoms with van der Waals surface area (Å²) in [5.74, 6) is 0.589. The molecular formula is C26H25BrN2O7S. The molecule has 0 radical (unpaired) electrons. The monoisotopic (exact) mass is 588 g/mol. The van der Waals surface area contributed by atoms with Crippen molar-refractivity contribution in [3.63, 3.8) is 0 Å². The lowest BCUT2D eigenvalue weighted by atomic mass is 10.2. The van der Waals surface area contributed by atoms with Crippen LogP contribution in [0.15, 0.2) is 87.8 Å². The van der Waals surface area contributed by atoms with Crippen molar-refractivity contribution in [1.82, 2.24) is 5.43 Å². The van der Waals surface area contributed by atoms with Crippen LogP contribution in [0.3, 0.4) is 0 Å². The number of halogens is 1. The van der Waals surface area contributed by atoms with Crippen LogP contribution >= 0.6 is 15.9 Å². The maximum absolute atomic E-state index is 12.6. The minimum atomic E-state index is -4.08. The summed E-state index contributed by atoms with van der Waals surface area (Å²) in [5, 5.41) is 3.99. The van der Waals surface area contributed by atoms with Gasteiger partial charge in [0.25, 0.3) is 5.91 Å². The Morgan fingerprint density at radius 1 is 1.05 bits per heavy atom. The minimum absolute atomic E-state index is 0.00472. The van der Waals surface area contributed by atoms with E-state index in [0.717, 1.165) is 0 Å². The van der Waals surface area contributed by atoms with Crippen molar-refractivity contribution < 1.29 is 31.6 Å². The largest absolute Gasteiger partial charge is 0.493 e. The van der Waals surface area contributed by atoms with E-state index < -0.39 is 16.0 Å². The molecule has 0 spiro atoms. The molecular weight excluding hydrogens is 564 g/mol. The van der Waals surface area contributed by atoms with E-state index in [9.17, 15) is 13.2 Å².